The predicted octanol–water partition coefficient (Wildman–Crippen LogP) is 5.39. The van der Waals surface area contributed by atoms with Gasteiger partial charge in [-0.05, 0) is 28.3 Å². The van der Waals surface area contributed by atoms with E-state index in [0.717, 1.165) is 26.4 Å². The number of aromatic carboxylic acids is 1. The van der Waals surface area contributed by atoms with Crippen LogP contribution in [0.3, 0.4) is 0 Å². The smallest absolute Gasteiger partial charge is 0.355 e. The molecule has 0 spiro atoms. The second-order valence-electron chi connectivity index (χ2n) is 4.99. The van der Waals surface area contributed by atoms with Crippen molar-refractivity contribution in [3.63, 3.8) is 0 Å². The summed E-state index contributed by atoms with van der Waals surface area (Å²) in [6.45, 7) is 0. The van der Waals surface area contributed by atoms with Gasteiger partial charge in [-0.2, -0.15) is 0 Å². The first kappa shape index (κ1) is 14.1. The van der Waals surface area contributed by atoms with Gasteiger partial charge in [0.1, 0.15) is 0 Å². The topological polar surface area (TPSA) is 50.2 Å². The molecule has 0 bridgehead atoms. The van der Waals surface area contributed by atoms with Crippen LogP contribution in [0.15, 0.2) is 59.3 Å². The lowest BCUT2D eigenvalue weighted by Crippen LogP contribution is -2.04. The van der Waals surface area contributed by atoms with Crippen LogP contribution < -0.4 is 0 Å². The van der Waals surface area contributed by atoms with Gasteiger partial charge < -0.3 is 5.11 Å². The maximum absolute atomic E-state index is 11.7. The first-order valence-corrected chi connectivity index (χ1v) is 8.75. The van der Waals surface area contributed by atoms with Gasteiger partial charge in [0, 0.05) is 15.8 Å². The van der Waals surface area contributed by atoms with Crippen LogP contribution in [0.1, 0.15) is 10.5 Å². The van der Waals surface area contributed by atoms with Crippen molar-refractivity contribution in [2.45, 2.75) is 0 Å². The van der Waals surface area contributed by atoms with Gasteiger partial charge in [-0.3, -0.25) is 0 Å². The van der Waals surface area contributed by atoms with Gasteiger partial charge in [0.25, 0.3) is 0 Å². The lowest BCUT2D eigenvalue weighted by atomic mass is 9.99. The predicted molar refractivity (Wildman–Crippen MR) is 95.3 cm³/mol. The molecular formula is C18H11NO2S2. The van der Waals surface area contributed by atoms with E-state index in [1.54, 1.807) is 22.7 Å². The SMILES string of the molecule is O=C(O)c1nc(-c2cccs2)c(-c2cccs2)c2ccccc12. The summed E-state index contributed by atoms with van der Waals surface area (Å²) >= 11 is 3.20. The molecule has 0 saturated carbocycles. The molecule has 4 aromatic rings. The highest BCUT2D eigenvalue weighted by molar-refractivity contribution is 7.14. The maximum atomic E-state index is 11.7. The van der Waals surface area contributed by atoms with Crippen LogP contribution in [0.5, 0.6) is 0 Å². The Morgan fingerprint density at radius 2 is 1.52 bits per heavy atom. The van der Waals surface area contributed by atoms with Crippen molar-refractivity contribution in [3.8, 4) is 21.0 Å². The maximum Gasteiger partial charge on any atom is 0.355 e. The van der Waals surface area contributed by atoms with Crippen LogP contribution in [0.2, 0.25) is 0 Å². The van der Waals surface area contributed by atoms with Crippen molar-refractivity contribution in [1.82, 2.24) is 4.98 Å². The third kappa shape index (κ3) is 2.34. The number of thiophene rings is 2. The van der Waals surface area contributed by atoms with Crippen LogP contribution in [0.4, 0.5) is 0 Å². The van der Waals surface area contributed by atoms with Crippen LogP contribution in [0.25, 0.3) is 31.8 Å². The molecule has 1 N–H and O–H groups in total. The zero-order chi connectivity index (χ0) is 15.8. The van der Waals surface area contributed by atoms with E-state index in [0.29, 0.717) is 5.39 Å². The summed E-state index contributed by atoms with van der Waals surface area (Å²) in [5, 5.41) is 15.2. The standard InChI is InChI=1S/C18H11NO2S2/c20-18(21)16-12-6-2-1-5-11(12)15(13-7-3-9-22-13)17(19-16)14-8-4-10-23-14/h1-10H,(H,20,21). The van der Waals surface area contributed by atoms with Gasteiger partial charge in [0.15, 0.2) is 5.69 Å². The van der Waals surface area contributed by atoms with Crippen molar-refractivity contribution in [2.24, 2.45) is 0 Å². The number of carbonyl (C=O) groups is 1. The van der Waals surface area contributed by atoms with E-state index in [1.807, 2.05) is 59.3 Å². The zero-order valence-corrected chi connectivity index (χ0v) is 13.5. The number of aromatic nitrogens is 1. The van der Waals surface area contributed by atoms with Gasteiger partial charge in [0.2, 0.25) is 0 Å². The summed E-state index contributed by atoms with van der Waals surface area (Å²) in [7, 11) is 0. The lowest BCUT2D eigenvalue weighted by molar-refractivity contribution is 0.0693. The molecule has 0 radical (unpaired) electrons. The minimum absolute atomic E-state index is 0.101. The average Bonchev–Trinajstić information content (AvgIpc) is 3.26. The van der Waals surface area contributed by atoms with Crippen molar-refractivity contribution >= 4 is 39.4 Å². The van der Waals surface area contributed by atoms with Crippen molar-refractivity contribution in [2.75, 3.05) is 0 Å². The molecule has 0 atom stereocenters. The highest BCUT2D eigenvalue weighted by Gasteiger charge is 2.20. The summed E-state index contributed by atoms with van der Waals surface area (Å²) in [5.41, 5.74) is 1.84. The number of fused-ring (bicyclic) bond motifs is 1. The molecule has 112 valence electrons. The second-order valence-corrected chi connectivity index (χ2v) is 6.88. The fraction of sp³-hybridized carbons (Fsp3) is 0. The van der Waals surface area contributed by atoms with Gasteiger partial charge >= 0.3 is 5.97 Å². The molecule has 0 aliphatic carbocycles. The number of nitrogens with zero attached hydrogens (tertiary/aromatic N) is 1. The largest absolute Gasteiger partial charge is 0.476 e. The van der Waals surface area contributed by atoms with Crippen molar-refractivity contribution in [1.29, 1.82) is 0 Å². The van der Waals surface area contributed by atoms with Gasteiger partial charge in [-0.25, -0.2) is 9.78 Å². The van der Waals surface area contributed by atoms with E-state index in [9.17, 15) is 9.90 Å². The second kappa shape index (κ2) is 5.61. The quantitative estimate of drug-likeness (QED) is 0.545. The Balaban J connectivity index is 2.18. The fourth-order valence-corrected chi connectivity index (χ4v) is 4.19. The Bertz CT molecular complexity index is 989. The van der Waals surface area contributed by atoms with Gasteiger partial charge in [-0.15, -0.1) is 22.7 Å². The molecule has 4 rings (SSSR count). The molecule has 0 aliphatic rings. The number of pyridine rings is 1. The molecule has 3 aromatic heterocycles. The summed E-state index contributed by atoms with van der Waals surface area (Å²) in [6, 6.07) is 15.5. The fourth-order valence-electron chi connectivity index (χ4n) is 2.69. The minimum Gasteiger partial charge on any atom is -0.476 e. The monoisotopic (exact) mass is 337 g/mol. The van der Waals surface area contributed by atoms with E-state index < -0.39 is 5.97 Å². The number of carboxylic acid groups (broad SMARTS) is 1. The molecule has 0 aliphatic heterocycles. The van der Waals surface area contributed by atoms with Crippen LogP contribution in [0, 0.1) is 0 Å². The zero-order valence-electron chi connectivity index (χ0n) is 11.9. The molecule has 0 saturated heterocycles. The summed E-state index contributed by atoms with van der Waals surface area (Å²) < 4.78 is 0. The summed E-state index contributed by atoms with van der Waals surface area (Å²) in [4.78, 5) is 18.3. The highest BCUT2D eigenvalue weighted by Crippen LogP contribution is 2.41. The number of hydrogen-bond acceptors (Lipinski definition) is 4. The Morgan fingerprint density at radius 3 is 2.13 bits per heavy atom. The van der Waals surface area contributed by atoms with Crippen molar-refractivity contribution < 1.29 is 9.90 Å². The molecule has 5 heteroatoms. The van der Waals surface area contributed by atoms with Crippen LogP contribution in [-0.4, -0.2) is 16.1 Å². The molecule has 1 aromatic carbocycles. The number of hydrogen-bond donors (Lipinski definition) is 1. The third-order valence-electron chi connectivity index (χ3n) is 3.64. The lowest BCUT2D eigenvalue weighted by Gasteiger charge is -2.12. The summed E-state index contributed by atoms with van der Waals surface area (Å²) in [5.74, 6) is -1.00. The molecule has 0 fully saturated rings. The molecule has 0 amide bonds. The molecule has 3 nitrogen and oxygen atoms in total. The van der Waals surface area contributed by atoms with E-state index in [1.165, 1.54) is 0 Å². The van der Waals surface area contributed by atoms with Crippen LogP contribution >= 0.6 is 22.7 Å². The first-order chi connectivity index (χ1) is 11.3. The van der Waals surface area contributed by atoms with Gasteiger partial charge in [-0.1, -0.05) is 36.4 Å². The molecule has 23 heavy (non-hydrogen) atoms. The minimum atomic E-state index is -1.00. The molecule has 3 heterocycles. The average molecular weight is 337 g/mol. The van der Waals surface area contributed by atoms with Crippen molar-refractivity contribution in [3.05, 3.63) is 65.0 Å². The number of rotatable bonds is 3. The molecule has 0 unspecified atom stereocenters. The Kier molecular flexibility index (Phi) is 3.44. The number of benzene rings is 1. The summed E-state index contributed by atoms with van der Waals surface area (Å²) in [6.07, 6.45) is 0. The number of carboxylic acids is 1. The van der Waals surface area contributed by atoms with E-state index >= 15 is 0 Å². The van der Waals surface area contributed by atoms with Gasteiger partial charge in [0.05, 0.1) is 10.6 Å². The highest BCUT2D eigenvalue weighted by atomic mass is 32.1. The van der Waals surface area contributed by atoms with E-state index in [-0.39, 0.29) is 5.69 Å². The van der Waals surface area contributed by atoms with E-state index in [2.05, 4.69) is 4.98 Å². The Hall–Kier alpha value is -2.50. The third-order valence-corrected chi connectivity index (χ3v) is 5.40. The Morgan fingerprint density at radius 1 is 0.870 bits per heavy atom. The van der Waals surface area contributed by atoms with E-state index in [4.69, 9.17) is 0 Å². The van der Waals surface area contributed by atoms with Crippen LogP contribution in [-0.2, 0) is 0 Å². The first-order valence-electron chi connectivity index (χ1n) is 6.99. The normalized spacial score (nSPS) is 11.0. The molecular weight excluding hydrogens is 326 g/mol. The Labute approximate surface area is 140 Å².